The van der Waals surface area contributed by atoms with E-state index in [1.165, 1.54) is 0 Å². The monoisotopic (exact) mass is 412 g/mol. The maximum atomic E-state index is 12.1. The average molecular weight is 413 g/mol. The number of thioether (sulfide) groups is 1. The van der Waals surface area contributed by atoms with E-state index in [0.717, 1.165) is 27.6 Å². The number of halogens is 1. The number of carbonyl (C=O) groups is 1. The van der Waals surface area contributed by atoms with Crippen molar-refractivity contribution in [3.05, 3.63) is 65.2 Å². The minimum Gasteiger partial charge on any atom is -0.354 e. The summed E-state index contributed by atoms with van der Waals surface area (Å²) in [6.07, 6.45) is 1.09. The lowest BCUT2D eigenvalue weighted by Gasteiger charge is -2.21. The van der Waals surface area contributed by atoms with Crippen molar-refractivity contribution in [2.75, 3.05) is 29.4 Å². The van der Waals surface area contributed by atoms with Crippen molar-refractivity contribution in [3.8, 4) is 0 Å². The molecule has 1 N–H and O–H groups in total. The highest BCUT2D eigenvalue weighted by Crippen LogP contribution is 2.17. The van der Waals surface area contributed by atoms with Gasteiger partial charge in [-0.25, -0.2) is 8.42 Å². The lowest BCUT2D eigenvalue weighted by molar-refractivity contribution is -0.119. The third-order valence-electron chi connectivity index (χ3n) is 3.48. The third-order valence-corrected chi connectivity index (χ3v) is 5.91. The van der Waals surface area contributed by atoms with Crippen molar-refractivity contribution in [1.29, 1.82) is 0 Å². The highest BCUT2D eigenvalue weighted by atomic mass is 35.5. The van der Waals surface area contributed by atoms with E-state index < -0.39 is 10.0 Å². The molecule has 0 radical (unpaired) electrons. The summed E-state index contributed by atoms with van der Waals surface area (Å²) in [7, 11) is -3.53. The normalized spacial score (nSPS) is 11.2. The van der Waals surface area contributed by atoms with Crippen molar-refractivity contribution >= 4 is 45.0 Å². The molecule has 0 spiro atoms. The second-order valence-electron chi connectivity index (χ2n) is 5.63. The van der Waals surface area contributed by atoms with Crippen molar-refractivity contribution in [1.82, 2.24) is 5.32 Å². The molecule has 0 aliphatic carbocycles. The van der Waals surface area contributed by atoms with Crippen LogP contribution in [0.1, 0.15) is 5.56 Å². The quantitative estimate of drug-likeness (QED) is 0.642. The number of rotatable bonds is 9. The van der Waals surface area contributed by atoms with Crippen LogP contribution in [0, 0.1) is 0 Å². The molecule has 0 saturated carbocycles. The van der Waals surface area contributed by atoms with Gasteiger partial charge in [0.05, 0.1) is 11.9 Å². The second-order valence-corrected chi connectivity index (χ2v) is 9.08. The van der Waals surface area contributed by atoms with Crippen molar-refractivity contribution in [2.24, 2.45) is 0 Å². The minimum absolute atomic E-state index is 0.231. The molecule has 26 heavy (non-hydrogen) atoms. The molecule has 0 aliphatic rings. The molecule has 0 saturated heterocycles. The van der Waals surface area contributed by atoms with E-state index >= 15 is 0 Å². The van der Waals surface area contributed by atoms with E-state index in [1.807, 2.05) is 24.3 Å². The molecular formula is C18H21ClN2O3S2. The number of nitrogens with zero attached hydrogens (tertiary/aromatic N) is 1. The smallest absolute Gasteiger partial charge is 0.240 e. The molecule has 5 nitrogen and oxygen atoms in total. The fourth-order valence-electron chi connectivity index (χ4n) is 2.21. The van der Waals surface area contributed by atoms with Crippen molar-refractivity contribution in [2.45, 2.75) is 5.75 Å². The summed E-state index contributed by atoms with van der Waals surface area (Å²) in [4.78, 5) is 12.1. The van der Waals surface area contributed by atoms with E-state index in [2.05, 4.69) is 5.32 Å². The van der Waals surface area contributed by atoms with Gasteiger partial charge in [0.25, 0.3) is 0 Å². The highest BCUT2D eigenvalue weighted by molar-refractivity contribution is 7.98. The summed E-state index contributed by atoms with van der Waals surface area (Å²) in [5.41, 5.74) is 1.64. The van der Waals surface area contributed by atoms with Crippen LogP contribution in [0.25, 0.3) is 0 Å². The number of para-hydroxylation sites is 1. The SMILES string of the molecule is CS(=O)(=O)N(CC(=O)NCCSCc1ccc(Cl)cc1)c1ccccc1. The van der Waals surface area contributed by atoms with E-state index in [-0.39, 0.29) is 12.5 Å². The number of nitrogens with one attached hydrogen (secondary N) is 1. The number of hydrogen-bond acceptors (Lipinski definition) is 4. The van der Waals surface area contributed by atoms with Gasteiger partial charge in [0.15, 0.2) is 0 Å². The Hall–Kier alpha value is -1.70. The van der Waals surface area contributed by atoms with Crippen LogP contribution in [-0.4, -0.2) is 39.4 Å². The molecule has 140 valence electrons. The van der Waals surface area contributed by atoms with E-state index in [4.69, 9.17) is 11.6 Å². The first-order valence-electron chi connectivity index (χ1n) is 7.98. The highest BCUT2D eigenvalue weighted by Gasteiger charge is 2.20. The molecular weight excluding hydrogens is 392 g/mol. The summed E-state index contributed by atoms with van der Waals surface area (Å²) < 4.78 is 25.0. The lowest BCUT2D eigenvalue weighted by Crippen LogP contribution is -2.41. The van der Waals surface area contributed by atoms with Crippen molar-refractivity contribution < 1.29 is 13.2 Å². The molecule has 2 aromatic carbocycles. The maximum absolute atomic E-state index is 12.1. The topological polar surface area (TPSA) is 66.5 Å². The van der Waals surface area contributed by atoms with E-state index in [1.54, 1.807) is 42.1 Å². The Morgan fingerprint density at radius 1 is 1.12 bits per heavy atom. The molecule has 2 rings (SSSR count). The van der Waals surface area contributed by atoms with Gasteiger partial charge in [-0.15, -0.1) is 0 Å². The largest absolute Gasteiger partial charge is 0.354 e. The number of carbonyl (C=O) groups excluding carboxylic acids is 1. The van der Waals surface area contributed by atoms with Gasteiger partial charge in [0.1, 0.15) is 6.54 Å². The van der Waals surface area contributed by atoms with Crippen LogP contribution in [0.15, 0.2) is 54.6 Å². The zero-order valence-corrected chi connectivity index (χ0v) is 16.8. The van der Waals surface area contributed by atoms with Crippen LogP contribution in [0.2, 0.25) is 5.02 Å². The van der Waals surface area contributed by atoms with Crippen LogP contribution in [0.5, 0.6) is 0 Å². The molecule has 0 unspecified atom stereocenters. The van der Waals surface area contributed by atoms with Gasteiger partial charge >= 0.3 is 0 Å². The van der Waals surface area contributed by atoms with Gasteiger partial charge in [-0.05, 0) is 29.8 Å². The van der Waals surface area contributed by atoms with Crippen LogP contribution in [0.4, 0.5) is 5.69 Å². The Morgan fingerprint density at radius 3 is 2.38 bits per heavy atom. The van der Waals surface area contributed by atoms with Crippen LogP contribution in [-0.2, 0) is 20.6 Å². The van der Waals surface area contributed by atoms with Gasteiger partial charge in [-0.1, -0.05) is 41.9 Å². The summed E-state index contributed by atoms with van der Waals surface area (Å²) in [5.74, 6) is 1.23. The third kappa shape index (κ3) is 6.90. The van der Waals surface area contributed by atoms with Gasteiger partial charge in [-0.3, -0.25) is 9.10 Å². The predicted octanol–water partition coefficient (Wildman–Crippen LogP) is 3.16. The predicted molar refractivity (Wildman–Crippen MR) is 109 cm³/mol. The molecule has 0 heterocycles. The zero-order valence-electron chi connectivity index (χ0n) is 14.4. The molecule has 0 atom stereocenters. The molecule has 0 bridgehead atoms. The van der Waals surface area contributed by atoms with E-state index in [9.17, 15) is 13.2 Å². The number of anilines is 1. The Balaban J connectivity index is 1.77. The van der Waals surface area contributed by atoms with E-state index in [0.29, 0.717) is 17.3 Å². The number of benzene rings is 2. The maximum Gasteiger partial charge on any atom is 0.240 e. The Kier molecular flexibility index (Phi) is 7.81. The number of amides is 1. The minimum atomic E-state index is -3.53. The first-order valence-corrected chi connectivity index (χ1v) is 11.4. The summed E-state index contributed by atoms with van der Waals surface area (Å²) in [5, 5.41) is 3.47. The van der Waals surface area contributed by atoms with Gasteiger partial charge in [0, 0.05) is 23.1 Å². The first kappa shape index (κ1) is 20.6. The summed E-state index contributed by atoms with van der Waals surface area (Å²) in [6, 6.07) is 16.2. The van der Waals surface area contributed by atoms with Crippen LogP contribution < -0.4 is 9.62 Å². The summed E-state index contributed by atoms with van der Waals surface area (Å²) in [6.45, 7) is 0.244. The Morgan fingerprint density at radius 2 is 1.77 bits per heavy atom. The Labute approximate surface area is 163 Å². The van der Waals surface area contributed by atoms with Crippen LogP contribution in [0.3, 0.4) is 0 Å². The molecule has 0 aliphatic heterocycles. The van der Waals surface area contributed by atoms with Crippen molar-refractivity contribution in [3.63, 3.8) is 0 Å². The molecule has 0 fully saturated rings. The fourth-order valence-corrected chi connectivity index (χ4v) is 4.02. The van der Waals surface area contributed by atoms with Gasteiger partial charge in [-0.2, -0.15) is 11.8 Å². The average Bonchev–Trinajstić information content (AvgIpc) is 2.61. The molecule has 0 aromatic heterocycles. The molecule has 8 heteroatoms. The Bertz CT molecular complexity index is 812. The van der Waals surface area contributed by atoms with Gasteiger partial charge in [0.2, 0.25) is 15.9 Å². The second kappa shape index (κ2) is 9.85. The zero-order chi connectivity index (χ0) is 19.0. The molecule has 1 amide bonds. The number of sulfonamides is 1. The van der Waals surface area contributed by atoms with Crippen LogP contribution >= 0.6 is 23.4 Å². The standard InChI is InChI=1S/C18H21ClN2O3S2/c1-26(23,24)21(17-5-3-2-4-6-17)13-18(22)20-11-12-25-14-15-7-9-16(19)10-8-15/h2-10H,11-14H2,1H3,(H,20,22). The molecule has 2 aromatic rings. The summed E-state index contributed by atoms with van der Waals surface area (Å²) >= 11 is 7.53. The first-order chi connectivity index (χ1) is 12.4. The fraction of sp³-hybridized carbons (Fsp3) is 0.278. The number of hydrogen-bond donors (Lipinski definition) is 1. The lowest BCUT2D eigenvalue weighted by atomic mass is 10.2. The van der Waals surface area contributed by atoms with Gasteiger partial charge < -0.3 is 5.32 Å².